The Morgan fingerprint density at radius 2 is 1.68 bits per heavy atom. The number of nitrogens with one attached hydrogen (secondary N) is 1. The van der Waals surface area contributed by atoms with Gasteiger partial charge in [-0.3, -0.25) is 4.79 Å². The number of hydrogen-bond donors (Lipinski definition) is 2. The quantitative estimate of drug-likeness (QED) is 0.653. The molecule has 0 aliphatic heterocycles. The Bertz CT molecular complexity index is 679. The lowest BCUT2D eigenvalue weighted by molar-refractivity contribution is -0.111. The van der Waals surface area contributed by atoms with Crippen LogP contribution in [0.5, 0.6) is 5.75 Å². The molecule has 0 heterocycles. The summed E-state index contributed by atoms with van der Waals surface area (Å²) in [6.45, 7) is 6.49. The molecular formula is C19H21NO2. The first-order chi connectivity index (χ1) is 10.4. The van der Waals surface area contributed by atoms with E-state index in [0.29, 0.717) is 5.69 Å². The number of carbonyl (C=O) groups excluding carboxylic acids is 1. The van der Waals surface area contributed by atoms with Gasteiger partial charge in [0.15, 0.2) is 0 Å². The Kier molecular flexibility index (Phi) is 4.66. The van der Waals surface area contributed by atoms with Gasteiger partial charge < -0.3 is 10.4 Å². The molecule has 0 atom stereocenters. The minimum Gasteiger partial charge on any atom is -0.506 e. The van der Waals surface area contributed by atoms with Gasteiger partial charge in [-0.2, -0.15) is 0 Å². The number of phenolic OH excluding ortho intramolecular Hbond substituents is 1. The molecule has 22 heavy (non-hydrogen) atoms. The van der Waals surface area contributed by atoms with Crippen molar-refractivity contribution in [3.8, 4) is 5.75 Å². The topological polar surface area (TPSA) is 49.3 Å². The summed E-state index contributed by atoms with van der Waals surface area (Å²) in [4.78, 5) is 11.9. The van der Waals surface area contributed by atoms with E-state index in [4.69, 9.17) is 0 Å². The van der Waals surface area contributed by atoms with Crippen LogP contribution in [-0.2, 0) is 10.2 Å². The molecule has 2 aromatic carbocycles. The normalized spacial score (nSPS) is 11.6. The minimum absolute atomic E-state index is 0.0544. The molecular weight excluding hydrogens is 274 g/mol. The van der Waals surface area contributed by atoms with Crippen LogP contribution in [0.4, 0.5) is 5.69 Å². The lowest BCUT2D eigenvalue weighted by Gasteiger charge is -2.18. The van der Waals surface area contributed by atoms with E-state index in [1.807, 2.05) is 12.1 Å². The monoisotopic (exact) mass is 295 g/mol. The highest BCUT2D eigenvalue weighted by atomic mass is 16.3. The number of carbonyl (C=O) groups is 1. The summed E-state index contributed by atoms with van der Waals surface area (Å²) in [6.07, 6.45) is 3.21. The van der Waals surface area contributed by atoms with E-state index in [9.17, 15) is 9.90 Å². The van der Waals surface area contributed by atoms with Crippen LogP contribution in [0.2, 0.25) is 0 Å². The second-order valence-electron chi connectivity index (χ2n) is 6.21. The van der Waals surface area contributed by atoms with Crippen LogP contribution in [0.3, 0.4) is 0 Å². The predicted molar refractivity (Wildman–Crippen MR) is 90.9 cm³/mol. The zero-order chi connectivity index (χ0) is 16.2. The molecule has 0 fully saturated rings. The van der Waals surface area contributed by atoms with Crippen LogP contribution >= 0.6 is 0 Å². The summed E-state index contributed by atoms with van der Waals surface area (Å²) >= 11 is 0. The van der Waals surface area contributed by atoms with Crippen LogP contribution in [-0.4, -0.2) is 11.0 Å². The molecule has 2 aromatic rings. The zero-order valence-electron chi connectivity index (χ0n) is 13.1. The molecule has 0 saturated heterocycles. The summed E-state index contributed by atoms with van der Waals surface area (Å²) in [5.41, 5.74) is 2.73. The molecule has 0 spiro atoms. The Morgan fingerprint density at radius 1 is 1.05 bits per heavy atom. The standard InChI is InChI=1S/C19H21NO2/c1-19(2,3)15-11-8-14(9-12-15)10-13-18(22)20-16-6-4-5-7-17(16)21/h4-13,21H,1-3H3,(H,20,22)/b13-10+. The first-order valence-electron chi connectivity index (χ1n) is 7.24. The van der Waals surface area contributed by atoms with E-state index in [1.54, 1.807) is 24.3 Å². The van der Waals surface area contributed by atoms with Crippen molar-refractivity contribution in [2.24, 2.45) is 0 Å². The molecule has 0 unspecified atom stereocenters. The van der Waals surface area contributed by atoms with Crippen LogP contribution in [0, 0.1) is 0 Å². The van der Waals surface area contributed by atoms with Crippen molar-refractivity contribution in [2.75, 3.05) is 5.32 Å². The molecule has 0 aliphatic carbocycles. The maximum Gasteiger partial charge on any atom is 0.248 e. The number of anilines is 1. The van der Waals surface area contributed by atoms with Gasteiger partial charge in [0.05, 0.1) is 5.69 Å². The van der Waals surface area contributed by atoms with Gasteiger partial charge in [0.25, 0.3) is 0 Å². The SMILES string of the molecule is CC(C)(C)c1ccc(/C=C/C(=O)Nc2ccccc2O)cc1. The molecule has 1 amide bonds. The van der Waals surface area contributed by atoms with Crippen LogP contribution in [0.25, 0.3) is 6.08 Å². The van der Waals surface area contributed by atoms with Crippen molar-refractivity contribution < 1.29 is 9.90 Å². The summed E-state index contributed by atoms with van der Waals surface area (Å²) in [5, 5.41) is 12.3. The van der Waals surface area contributed by atoms with Crippen molar-refractivity contribution in [3.05, 3.63) is 65.7 Å². The third-order valence-corrected chi connectivity index (χ3v) is 3.37. The Balaban J connectivity index is 2.02. The molecule has 0 saturated carbocycles. The van der Waals surface area contributed by atoms with Gasteiger partial charge in [-0.05, 0) is 34.8 Å². The molecule has 0 aromatic heterocycles. The van der Waals surface area contributed by atoms with Gasteiger partial charge in [-0.25, -0.2) is 0 Å². The van der Waals surface area contributed by atoms with E-state index in [0.717, 1.165) is 5.56 Å². The van der Waals surface area contributed by atoms with Gasteiger partial charge >= 0.3 is 0 Å². The first-order valence-corrected chi connectivity index (χ1v) is 7.24. The number of benzene rings is 2. The Labute approximate surface area is 131 Å². The number of hydrogen-bond acceptors (Lipinski definition) is 2. The van der Waals surface area contributed by atoms with Crippen molar-refractivity contribution in [2.45, 2.75) is 26.2 Å². The second kappa shape index (κ2) is 6.48. The molecule has 2 rings (SSSR count). The van der Waals surface area contributed by atoms with Gasteiger partial charge in [0, 0.05) is 6.08 Å². The fourth-order valence-electron chi connectivity index (χ4n) is 2.02. The van der Waals surface area contributed by atoms with E-state index in [-0.39, 0.29) is 17.1 Å². The highest BCUT2D eigenvalue weighted by Crippen LogP contribution is 2.23. The molecule has 3 nitrogen and oxygen atoms in total. The smallest absolute Gasteiger partial charge is 0.248 e. The van der Waals surface area contributed by atoms with Gasteiger partial charge in [0.2, 0.25) is 5.91 Å². The van der Waals surface area contributed by atoms with Gasteiger partial charge in [-0.15, -0.1) is 0 Å². The van der Waals surface area contributed by atoms with Crippen LogP contribution in [0.1, 0.15) is 31.9 Å². The highest BCUT2D eigenvalue weighted by molar-refractivity contribution is 6.02. The minimum atomic E-state index is -0.276. The van der Waals surface area contributed by atoms with E-state index in [1.165, 1.54) is 17.7 Å². The van der Waals surface area contributed by atoms with E-state index in [2.05, 4.69) is 38.2 Å². The van der Waals surface area contributed by atoms with E-state index < -0.39 is 0 Å². The fourth-order valence-corrected chi connectivity index (χ4v) is 2.02. The number of amides is 1. The molecule has 114 valence electrons. The predicted octanol–water partition coefficient (Wildman–Crippen LogP) is 4.34. The highest BCUT2D eigenvalue weighted by Gasteiger charge is 2.12. The third-order valence-electron chi connectivity index (χ3n) is 3.37. The third kappa shape index (κ3) is 4.22. The van der Waals surface area contributed by atoms with Crippen LogP contribution < -0.4 is 5.32 Å². The van der Waals surface area contributed by atoms with Gasteiger partial charge in [0.1, 0.15) is 5.75 Å². The van der Waals surface area contributed by atoms with E-state index >= 15 is 0 Å². The summed E-state index contributed by atoms with van der Waals surface area (Å²) in [6, 6.07) is 14.8. The molecule has 0 radical (unpaired) electrons. The molecule has 0 aliphatic rings. The summed E-state index contributed by atoms with van der Waals surface area (Å²) < 4.78 is 0. The second-order valence-corrected chi connectivity index (χ2v) is 6.21. The average Bonchev–Trinajstić information content (AvgIpc) is 2.47. The largest absolute Gasteiger partial charge is 0.506 e. The number of rotatable bonds is 3. The lowest BCUT2D eigenvalue weighted by Crippen LogP contribution is -2.10. The molecule has 2 N–H and O–H groups in total. The first kappa shape index (κ1) is 15.8. The Hall–Kier alpha value is -2.55. The van der Waals surface area contributed by atoms with Gasteiger partial charge in [-0.1, -0.05) is 57.2 Å². The summed E-state index contributed by atoms with van der Waals surface area (Å²) in [5.74, 6) is -0.222. The van der Waals surface area contributed by atoms with Crippen LogP contribution in [0.15, 0.2) is 54.6 Å². The van der Waals surface area contributed by atoms with Crippen molar-refractivity contribution >= 4 is 17.7 Å². The fraction of sp³-hybridized carbons (Fsp3) is 0.211. The number of aromatic hydroxyl groups is 1. The maximum absolute atomic E-state index is 11.9. The number of phenols is 1. The average molecular weight is 295 g/mol. The van der Waals surface area contributed by atoms with Crippen molar-refractivity contribution in [1.82, 2.24) is 0 Å². The molecule has 3 heteroatoms. The summed E-state index contributed by atoms with van der Waals surface area (Å²) in [7, 11) is 0. The molecule has 0 bridgehead atoms. The van der Waals surface area contributed by atoms with Crippen molar-refractivity contribution in [3.63, 3.8) is 0 Å². The van der Waals surface area contributed by atoms with Crippen molar-refractivity contribution in [1.29, 1.82) is 0 Å². The number of para-hydroxylation sites is 2. The maximum atomic E-state index is 11.9. The lowest BCUT2D eigenvalue weighted by atomic mass is 9.87. The Morgan fingerprint density at radius 3 is 2.27 bits per heavy atom. The zero-order valence-corrected chi connectivity index (χ0v) is 13.1.